The Morgan fingerprint density at radius 3 is 1.73 bits per heavy atom. The first-order valence-corrected chi connectivity index (χ1v) is 12.7. The van der Waals surface area contributed by atoms with Crippen molar-refractivity contribution in [3.05, 3.63) is 65.0 Å². The highest BCUT2D eigenvalue weighted by Crippen LogP contribution is 2.68. The molecule has 4 atom stereocenters. The lowest BCUT2D eigenvalue weighted by molar-refractivity contribution is 0.217. The van der Waals surface area contributed by atoms with Gasteiger partial charge in [-0.2, -0.15) is 10.2 Å². The first kappa shape index (κ1) is 20.0. The van der Waals surface area contributed by atoms with Crippen molar-refractivity contribution in [3.8, 4) is 0 Å². The summed E-state index contributed by atoms with van der Waals surface area (Å²) in [6, 6.07) is 6.18. The average molecular weight is 442 g/mol. The van der Waals surface area contributed by atoms with Gasteiger partial charge in [0.2, 0.25) is 0 Å². The van der Waals surface area contributed by atoms with E-state index in [-0.39, 0.29) is 27.8 Å². The highest BCUT2D eigenvalue weighted by molar-refractivity contribution is 5.46. The number of hydrogen-bond acceptors (Lipinski definition) is 3. The van der Waals surface area contributed by atoms with Crippen LogP contribution in [0.5, 0.6) is 0 Å². The third kappa shape index (κ3) is 2.10. The minimum absolute atomic E-state index is 0.148. The van der Waals surface area contributed by atoms with Crippen molar-refractivity contribution in [3.63, 3.8) is 0 Å². The average Bonchev–Trinajstić information content (AvgIpc) is 3.54. The van der Waals surface area contributed by atoms with Gasteiger partial charge in [-0.1, -0.05) is 47.6 Å². The van der Waals surface area contributed by atoms with Gasteiger partial charge >= 0.3 is 0 Å². The molecule has 3 aromatic heterocycles. The third-order valence-corrected chi connectivity index (χ3v) is 11.2. The van der Waals surface area contributed by atoms with E-state index in [2.05, 4.69) is 75.4 Å². The summed E-state index contributed by atoms with van der Waals surface area (Å²) in [6.45, 7) is 14.6. The molecular weight excluding hydrogens is 406 g/mol. The van der Waals surface area contributed by atoms with E-state index in [0.717, 1.165) is 5.69 Å². The number of aromatic nitrogens is 5. The van der Waals surface area contributed by atoms with Crippen LogP contribution < -0.4 is 0 Å². The molecular formula is C28H35N5. The van der Waals surface area contributed by atoms with E-state index in [1.54, 1.807) is 0 Å². The Bertz CT molecular complexity index is 1200. The van der Waals surface area contributed by atoms with Gasteiger partial charge in [0.25, 0.3) is 0 Å². The van der Waals surface area contributed by atoms with E-state index in [1.807, 2.05) is 12.3 Å². The molecule has 4 bridgehead atoms. The Kier molecular flexibility index (Phi) is 3.51. The van der Waals surface area contributed by atoms with Crippen molar-refractivity contribution in [2.75, 3.05) is 0 Å². The van der Waals surface area contributed by atoms with Crippen molar-refractivity contribution < 1.29 is 0 Å². The Morgan fingerprint density at radius 1 is 0.788 bits per heavy atom. The Balaban J connectivity index is 1.38. The maximum Gasteiger partial charge on any atom is 0.185 e. The number of pyridine rings is 1. The van der Waals surface area contributed by atoms with E-state index in [0.29, 0.717) is 11.8 Å². The predicted molar refractivity (Wildman–Crippen MR) is 128 cm³/mol. The van der Waals surface area contributed by atoms with Gasteiger partial charge in [0.05, 0.1) is 17.1 Å². The fourth-order valence-corrected chi connectivity index (χ4v) is 8.29. The van der Waals surface area contributed by atoms with Gasteiger partial charge in [-0.05, 0) is 71.6 Å². The number of nitrogens with zero attached hydrogens (tertiary/aromatic N) is 5. The Labute approximate surface area is 196 Å². The van der Waals surface area contributed by atoms with Gasteiger partial charge in [-0.25, -0.2) is 9.36 Å². The summed E-state index contributed by atoms with van der Waals surface area (Å²) in [5.41, 5.74) is 7.34. The molecule has 3 aromatic rings. The molecule has 0 saturated heterocycles. The lowest BCUT2D eigenvalue weighted by atomic mass is 9.70. The van der Waals surface area contributed by atoms with Gasteiger partial charge in [0.15, 0.2) is 6.17 Å². The molecule has 2 fully saturated rings. The lowest BCUT2D eigenvalue weighted by Gasteiger charge is -2.35. The molecule has 0 spiro atoms. The summed E-state index contributed by atoms with van der Waals surface area (Å²) < 4.78 is 4.33. The number of hydrogen-bond donors (Lipinski definition) is 0. The first-order valence-electron chi connectivity index (χ1n) is 12.7. The van der Waals surface area contributed by atoms with Crippen molar-refractivity contribution in [2.24, 2.45) is 10.8 Å². The van der Waals surface area contributed by atoms with E-state index in [9.17, 15) is 0 Å². The van der Waals surface area contributed by atoms with E-state index >= 15 is 0 Å². The fourth-order valence-electron chi connectivity index (χ4n) is 8.29. The van der Waals surface area contributed by atoms with Crippen LogP contribution in [0.1, 0.15) is 113 Å². The van der Waals surface area contributed by atoms with Crippen LogP contribution >= 0.6 is 0 Å². The van der Waals surface area contributed by atoms with Gasteiger partial charge in [-0.3, -0.25) is 4.98 Å². The summed E-state index contributed by atoms with van der Waals surface area (Å²) in [5.74, 6) is 1.18. The molecule has 7 rings (SSSR count). The minimum Gasteiger partial charge on any atom is -0.257 e. The Morgan fingerprint density at radius 2 is 1.30 bits per heavy atom. The molecule has 172 valence electrons. The third-order valence-electron chi connectivity index (χ3n) is 11.2. The molecule has 0 aliphatic heterocycles. The summed E-state index contributed by atoms with van der Waals surface area (Å²) in [6.07, 6.45) is 11.4. The molecule has 0 unspecified atom stereocenters. The van der Waals surface area contributed by atoms with Crippen LogP contribution in [0.2, 0.25) is 0 Å². The summed E-state index contributed by atoms with van der Waals surface area (Å²) >= 11 is 0. The molecule has 0 N–H and O–H groups in total. The second kappa shape index (κ2) is 5.79. The molecule has 0 radical (unpaired) electrons. The van der Waals surface area contributed by atoms with Crippen molar-refractivity contribution >= 4 is 0 Å². The van der Waals surface area contributed by atoms with Crippen LogP contribution in [0.15, 0.2) is 36.8 Å². The summed E-state index contributed by atoms with van der Waals surface area (Å²) in [7, 11) is 0. The zero-order valence-electron chi connectivity index (χ0n) is 20.8. The second-order valence-electron chi connectivity index (χ2n) is 12.7. The van der Waals surface area contributed by atoms with Crippen LogP contribution in [0, 0.1) is 10.8 Å². The molecule has 2 saturated carbocycles. The topological polar surface area (TPSA) is 48.5 Å². The largest absolute Gasteiger partial charge is 0.257 e. The molecule has 5 heteroatoms. The normalized spacial score (nSPS) is 34.3. The van der Waals surface area contributed by atoms with Crippen molar-refractivity contribution in [1.82, 2.24) is 24.5 Å². The standard InChI is InChI=1S/C28H35N5/c1-25(2)19-10-12-27(25,5)22-17(19)15-32(30-22)24(21-9-7-8-14-29-21)33-16-18-20-11-13-28(6,23(18)31-33)26(20,3)4/h7-9,14-16,19-20,24H,10-13H2,1-6H3/t19-,20-,27+,28+/m1/s1. The minimum atomic E-state index is -0.153. The zero-order chi connectivity index (χ0) is 23.0. The van der Waals surface area contributed by atoms with Crippen LogP contribution in [-0.2, 0) is 10.8 Å². The fraction of sp³-hybridized carbons (Fsp3) is 0.607. The number of rotatable bonds is 3. The van der Waals surface area contributed by atoms with Gasteiger partial charge in [-0.15, -0.1) is 0 Å². The van der Waals surface area contributed by atoms with Crippen LogP contribution in [0.4, 0.5) is 0 Å². The molecule has 4 aliphatic rings. The lowest BCUT2D eigenvalue weighted by Crippen LogP contribution is -2.34. The molecule has 4 aliphatic carbocycles. The predicted octanol–water partition coefficient (Wildman–Crippen LogP) is 5.92. The highest BCUT2D eigenvalue weighted by Gasteiger charge is 2.62. The highest BCUT2D eigenvalue weighted by atomic mass is 15.5. The first-order chi connectivity index (χ1) is 15.6. The molecule has 33 heavy (non-hydrogen) atoms. The molecule has 0 amide bonds. The van der Waals surface area contributed by atoms with Crippen molar-refractivity contribution in [2.45, 2.75) is 96.1 Å². The van der Waals surface area contributed by atoms with E-state index in [4.69, 9.17) is 15.2 Å². The second-order valence-corrected chi connectivity index (χ2v) is 12.7. The van der Waals surface area contributed by atoms with Gasteiger partial charge < -0.3 is 0 Å². The van der Waals surface area contributed by atoms with Gasteiger partial charge in [0.1, 0.15) is 0 Å². The smallest absolute Gasteiger partial charge is 0.185 e. The van der Waals surface area contributed by atoms with Crippen LogP contribution in [0.25, 0.3) is 0 Å². The molecule has 0 aromatic carbocycles. The van der Waals surface area contributed by atoms with Crippen LogP contribution in [-0.4, -0.2) is 24.5 Å². The summed E-state index contributed by atoms with van der Waals surface area (Å²) in [5, 5.41) is 10.6. The molecule has 5 nitrogen and oxygen atoms in total. The molecule has 3 heterocycles. The van der Waals surface area contributed by atoms with E-state index < -0.39 is 0 Å². The van der Waals surface area contributed by atoms with Crippen molar-refractivity contribution in [1.29, 1.82) is 0 Å². The van der Waals surface area contributed by atoms with Gasteiger partial charge in [0, 0.05) is 29.4 Å². The zero-order valence-corrected chi connectivity index (χ0v) is 20.8. The van der Waals surface area contributed by atoms with E-state index in [1.165, 1.54) is 48.2 Å². The maximum absolute atomic E-state index is 5.29. The Hall–Kier alpha value is -2.43. The maximum atomic E-state index is 5.29. The monoisotopic (exact) mass is 441 g/mol. The quantitative estimate of drug-likeness (QED) is 0.507. The summed E-state index contributed by atoms with van der Waals surface area (Å²) in [4.78, 5) is 4.77. The SMILES string of the molecule is CC1(C)[C@@H]2CC[C@@]1(C)c1nn(C(c3ccccn3)n3cc4c(n3)[C@]3(C)CC[C@H]4C3(C)C)cc12. The number of fused-ring (bicyclic) bond motifs is 10. The van der Waals surface area contributed by atoms with Crippen LogP contribution in [0.3, 0.4) is 0 Å².